The molecule has 0 spiro atoms. The Labute approximate surface area is 193 Å². The number of anilines is 1. The Hall–Kier alpha value is -3.82. The second-order valence-electron chi connectivity index (χ2n) is 8.54. The number of H-pyrrole nitrogens is 1. The highest BCUT2D eigenvalue weighted by Crippen LogP contribution is 2.22. The predicted octanol–water partition coefficient (Wildman–Crippen LogP) is 3.95. The molecule has 0 aliphatic carbocycles. The summed E-state index contributed by atoms with van der Waals surface area (Å²) in [6.45, 7) is 5.18. The summed E-state index contributed by atoms with van der Waals surface area (Å²) in [4.78, 5) is 20.3. The number of fused-ring (bicyclic) bond motifs is 1. The molecule has 2 aromatic heterocycles. The van der Waals surface area contributed by atoms with E-state index >= 15 is 0 Å². The standard InChI is InChI=1S/C27H27N5O/c28-19-21-6-11-26-25(18-21)22(20-29-26)4-3-12-30-14-16-31(17-15-30)23-7-9-24(10-8-23)32-13-2-1-5-27(32)33/h1-2,5-11,13,18,20,29H,3-4,12,14-17H2. The van der Waals surface area contributed by atoms with Gasteiger partial charge in [-0.3, -0.25) is 14.3 Å². The topological polar surface area (TPSA) is 68.1 Å². The largest absolute Gasteiger partial charge is 0.369 e. The van der Waals surface area contributed by atoms with Crippen molar-refractivity contribution in [3.8, 4) is 11.8 Å². The van der Waals surface area contributed by atoms with Gasteiger partial charge in [0.15, 0.2) is 0 Å². The lowest BCUT2D eigenvalue weighted by atomic mass is 10.1. The van der Waals surface area contributed by atoms with E-state index in [1.165, 1.54) is 16.6 Å². The summed E-state index contributed by atoms with van der Waals surface area (Å²) in [5, 5.41) is 10.3. The van der Waals surface area contributed by atoms with Crippen molar-refractivity contribution in [3.63, 3.8) is 0 Å². The molecule has 5 rings (SSSR count). The van der Waals surface area contributed by atoms with Crippen molar-refractivity contribution >= 4 is 16.6 Å². The molecule has 6 heteroatoms. The Morgan fingerprint density at radius 1 is 0.939 bits per heavy atom. The van der Waals surface area contributed by atoms with Gasteiger partial charge in [0.25, 0.3) is 5.56 Å². The normalized spacial score (nSPS) is 14.5. The first kappa shape index (κ1) is 21.0. The lowest BCUT2D eigenvalue weighted by molar-refractivity contribution is 0.255. The molecule has 0 unspecified atom stereocenters. The summed E-state index contributed by atoms with van der Waals surface area (Å²) < 4.78 is 1.66. The molecule has 166 valence electrons. The number of aromatic nitrogens is 2. The first-order chi connectivity index (χ1) is 16.2. The summed E-state index contributed by atoms with van der Waals surface area (Å²) in [6, 6.07) is 21.5. The fourth-order valence-electron chi connectivity index (χ4n) is 4.64. The summed E-state index contributed by atoms with van der Waals surface area (Å²) in [7, 11) is 0. The number of nitrogens with one attached hydrogen (secondary N) is 1. The zero-order valence-corrected chi connectivity index (χ0v) is 18.6. The minimum atomic E-state index is -0.0167. The third-order valence-electron chi connectivity index (χ3n) is 6.50. The molecular weight excluding hydrogens is 410 g/mol. The number of nitrogens with zero attached hydrogens (tertiary/aromatic N) is 4. The average molecular weight is 438 g/mol. The maximum Gasteiger partial charge on any atom is 0.255 e. The van der Waals surface area contributed by atoms with Crippen LogP contribution in [0.15, 0.2) is 77.9 Å². The number of aromatic amines is 1. The third kappa shape index (κ3) is 4.55. The van der Waals surface area contributed by atoms with Gasteiger partial charge >= 0.3 is 0 Å². The lowest BCUT2D eigenvalue weighted by Crippen LogP contribution is -2.46. The van der Waals surface area contributed by atoms with Crippen molar-refractivity contribution in [3.05, 3.63) is 94.5 Å². The molecule has 0 bridgehead atoms. The number of hydrogen-bond donors (Lipinski definition) is 1. The lowest BCUT2D eigenvalue weighted by Gasteiger charge is -2.36. The van der Waals surface area contributed by atoms with Crippen LogP contribution in [0.25, 0.3) is 16.6 Å². The van der Waals surface area contributed by atoms with Gasteiger partial charge in [-0.25, -0.2) is 0 Å². The van der Waals surface area contributed by atoms with E-state index in [1.807, 2.05) is 36.4 Å². The molecule has 1 N–H and O–H groups in total. The van der Waals surface area contributed by atoms with Gasteiger partial charge < -0.3 is 9.88 Å². The van der Waals surface area contributed by atoms with Gasteiger partial charge in [-0.15, -0.1) is 0 Å². The Morgan fingerprint density at radius 3 is 2.48 bits per heavy atom. The van der Waals surface area contributed by atoms with E-state index in [-0.39, 0.29) is 5.56 Å². The average Bonchev–Trinajstić information content (AvgIpc) is 3.27. The van der Waals surface area contributed by atoms with Gasteiger partial charge in [-0.05, 0) is 73.5 Å². The molecule has 0 radical (unpaired) electrons. The number of pyridine rings is 1. The maximum atomic E-state index is 12.0. The molecule has 1 aliphatic rings. The first-order valence-electron chi connectivity index (χ1n) is 11.5. The monoisotopic (exact) mass is 437 g/mol. The highest BCUT2D eigenvalue weighted by Gasteiger charge is 2.17. The van der Waals surface area contributed by atoms with Crippen LogP contribution in [0, 0.1) is 11.3 Å². The molecule has 33 heavy (non-hydrogen) atoms. The van der Waals surface area contributed by atoms with Crippen LogP contribution in [0.5, 0.6) is 0 Å². The molecule has 2 aromatic carbocycles. The van der Waals surface area contributed by atoms with E-state index < -0.39 is 0 Å². The van der Waals surface area contributed by atoms with Crippen LogP contribution in [0.1, 0.15) is 17.5 Å². The Balaban J connectivity index is 1.13. The minimum absolute atomic E-state index is 0.0167. The van der Waals surface area contributed by atoms with Crippen LogP contribution >= 0.6 is 0 Å². The van der Waals surface area contributed by atoms with E-state index in [1.54, 1.807) is 22.9 Å². The number of rotatable bonds is 6. The fourth-order valence-corrected chi connectivity index (χ4v) is 4.64. The van der Waals surface area contributed by atoms with Crippen molar-refractivity contribution in [2.45, 2.75) is 12.8 Å². The summed E-state index contributed by atoms with van der Waals surface area (Å²) in [5.74, 6) is 0. The highest BCUT2D eigenvalue weighted by molar-refractivity contribution is 5.84. The number of hydrogen-bond acceptors (Lipinski definition) is 4. The van der Waals surface area contributed by atoms with E-state index in [4.69, 9.17) is 5.26 Å². The number of nitriles is 1. The maximum absolute atomic E-state index is 12.0. The van der Waals surface area contributed by atoms with Gasteiger partial charge in [0.05, 0.1) is 11.6 Å². The molecule has 1 saturated heterocycles. The van der Waals surface area contributed by atoms with Crippen LogP contribution in [0.4, 0.5) is 5.69 Å². The van der Waals surface area contributed by atoms with E-state index in [0.29, 0.717) is 5.56 Å². The van der Waals surface area contributed by atoms with Crippen LogP contribution in [0.2, 0.25) is 0 Å². The zero-order valence-electron chi connectivity index (χ0n) is 18.6. The second-order valence-corrected chi connectivity index (χ2v) is 8.54. The van der Waals surface area contributed by atoms with Crippen molar-refractivity contribution in [1.82, 2.24) is 14.5 Å². The minimum Gasteiger partial charge on any atom is -0.369 e. The van der Waals surface area contributed by atoms with E-state index in [2.05, 4.69) is 39.2 Å². The van der Waals surface area contributed by atoms with E-state index in [0.717, 1.165) is 56.8 Å². The smallest absolute Gasteiger partial charge is 0.255 e. The zero-order chi connectivity index (χ0) is 22.6. The fraction of sp³-hybridized carbons (Fsp3) is 0.259. The highest BCUT2D eigenvalue weighted by atomic mass is 16.1. The summed E-state index contributed by atoms with van der Waals surface area (Å²) in [5.41, 5.74) is 5.18. The molecule has 0 amide bonds. The van der Waals surface area contributed by atoms with Gasteiger partial charge in [0, 0.05) is 66.9 Å². The molecule has 6 nitrogen and oxygen atoms in total. The molecule has 1 aliphatic heterocycles. The van der Waals surface area contributed by atoms with Gasteiger partial charge in [-0.2, -0.15) is 5.26 Å². The molecule has 1 fully saturated rings. The SMILES string of the molecule is N#Cc1ccc2[nH]cc(CCCN3CCN(c4ccc(-n5ccccc5=O)cc4)CC3)c2c1. The molecule has 3 heterocycles. The van der Waals surface area contributed by atoms with Crippen LogP contribution in [0.3, 0.4) is 0 Å². The predicted molar refractivity (Wildman–Crippen MR) is 132 cm³/mol. The third-order valence-corrected chi connectivity index (χ3v) is 6.50. The number of benzene rings is 2. The van der Waals surface area contributed by atoms with Crippen molar-refractivity contribution in [2.75, 3.05) is 37.6 Å². The van der Waals surface area contributed by atoms with Gasteiger partial charge in [0.1, 0.15) is 0 Å². The van der Waals surface area contributed by atoms with Crippen LogP contribution in [-0.4, -0.2) is 47.2 Å². The molecular formula is C27H27N5O. The molecule has 0 atom stereocenters. The van der Waals surface area contributed by atoms with Crippen molar-refractivity contribution in [2.24, 2.45) is 0 Å². The second kappa shape index (κ2) is 9.35. The van der Waals surface area contributed by atoms with Gasteiger partial charge in [-0.1, -0.05) is 6.07 Å². The van der Waals surface area contributed by atoms with E-state index in [9.17, 15) is 4.79 Å². The van der Waals surface area contributed by atoms with Crippen LogP contribution in [-0.2, 0) is 6.42 Å². The number of piperazine rings is 1. The first-order valence-corrected chi connectivity index (χ1v) is 11.5. The van der Waals surface area contributed by atoms with Crippen molar-refractivity contribution < 1.29 is 0 Å². The molecule has 0 saturated carbocycles. The summed E-state index contributed by atoms with van der Waals surface area (Å²) >= 11 is 0. The summed E-state index contributed by atoms with van der Waals surface area (Å²) in [6.07, 6.45) is 5.99. The van der Waals surface area contributed by atoms with Crippen LogP contribution < -0.4 is 10.5 Å². The quantitative estimate of drug-likeness (QED) is 0.496. The molecule has 4 aromatic rings. The Kier molecular flexibility index (Phi) is 5.97. The Bertz CT molecular complexity index is 1340. The van der Waals surface area contributed by atoms with Gasteiger partial charge in [0.2, 0.25) is 0 Å². The van der Waals surface area contributed by atoms with Crippen molar-refractivity contribution in [1.29, 1.82) is 5.26 Å². The number of aryl methyl sites for hydroxylation is 1. The Morgan fingerprint density at radius 2 is 1.73 bits per heavy atom.